The molecule has 1 atom stereocenters. The second-order valence-electron chi connectivity index (χ2n) is 4.00. The van der Waals surface area contributed by atoms with Crippen molar-refractivity contribution in [2.24, 2.45) is 11.7 Å². The van der Waals surface area contributed by atoms with E-state index in [0.29, 0.717) is 5.92 Å². The van der Waals surface area contributed by atoms with Gasteiger partial charge in [-0.2, -0.15) is 11.8 Å². The van der Waals surface area contributed by atoms with Gasteiger partial charge >= 0.3 is 0 Å². The van der Waals surface area contributed by atoms with E-state index in [1.807, 2.05) is 11.8 Å². The van der Waals surface area contributed by atoms with Gasteiger partial charge in [-0.05, 0) is 23.8 Å². The van der Waals surface area contributed by atoms with E-state index in [9.17, 15) is 8.78 Å². The van der Waals surface area contributed by atoms with Crippen molar-refractivity contribution >= 4 is 11.8 Å². The lowest BCUT2D eigenvalue weighted by molar-refractivity contribution is -0.136. The third-order valence-corrected chi connectivity index (χ3v) is 4.08. The summed E-state index contributed by atoms with van der Waals surface area (Å²) in [4.78, 5) is 0. The van der Waals surface area contributed by atoms with Gasteiger partial charge in [0.05, 0.1) is 0 Å². The molecule has 0 radical (unpaired) electrons. The van der Waals surface area contributed by atoms with Gasteiger partial charge in [0.2, 0.25) is 0 Å². The maximum atomic E-state index is 12.6. The number of nitrogens with two attached hydrogens (primary N) is 1. The molecule has 1 nitrogen and oxygen atoms in total. The molecule has 0 spiro atoms. The summed E-state index contributed by atoms with van der Waals surface area (Å²) in [6.07, 6.45) is 0.841. The molecule has 1 saturated carbocycles. The van der Waals surface area contributed by atoms with Crippen LogP contribution in [-0.4, -0.2) is 23.0 Å². The van der Waals surface area contributed by atoms with Gasteiger partial charge in [-0.1, -0.05) is 0 Å². The molecular weight excluding hydrogens is 180 g/mol. The molecule has 2 aliphatic rings. The van der Waals surface area contributed by atoms with Crippen molar-refractivity contribution in [2.45, 2.75) is 30.7 Å². The first-order chi connectivity index (χ1) is 5.52. The van der Waals surface area contributed by atoms with E-state index in [0.717, 1.165) is 17.9 Å². The Labute approximate surface area is 75.1 Å². The van der Waals surface area contributed by atoms with Gasteiger partial charge in [-0.15, -0.1) is 0 Å². The van der Waals surface area contributed by atoms with Gasteiger partial charge in [0.1, 0.15) is 0 Å². The van der Waals surface area contributed by atoms with Crippen LogP contribution in [0.3, 0.4) is 0 Å². The number of thioether (sulfide) groups is 1. The molecule has 0 amide bonds. The fourth-order valence-electron chi connectivity index (χ4n) is 2.19. The lowest BCUT2D eigenvalue weighted by atomic mass is 9.66. The standard InChI is InChI=1S/C8H13F2NS/c9-8(10)4-7(11,5-8)6-1-2-12-3-6/h6H,1-5,11H2. The summed E-state index contributed by atoms with van der Waals surface area (Å²) in [5.74, 6) is -0.0637. The van der Waals surface area contributed by atoms with Crippen LogP contribution in [0.5, 0.6) is 0 Å². The minimum Gasteiger partial charge on any atom is -0.324 e. The van der Waals surface area contributed by atoms with Crippen molar-refractivity contribution in [1.29, 1.82) is 0 Å². The van der Waals surface area contributed by atoms with E-state index >= 15 is 0 Å². The number of rotatable bonds is 1. The van der Waals surface area contributed by atoms with Crippen LogP contribution in [0.4, 0.5) is 8.78 Å². The summed E-state index contributed by atoms with van der Waals surface area (Å²) in [6, 6.07) is 0. The molecule has 1 saturated heterocycles. The van der Waals surface area contributed by atoms with Gasteiger partial charge in [-0.25, -0.2) is 8.78 Å². The van der Waals surface area contributed by atoms with Crippen LogP contribution >= 0.6 is 11.8 Å². The van der Waals surface area contributed by atoms with Crippen LogP contribution in [0.1, 0.15) is 19.3 Å². The Kier molecular flexibility index (Phi) is 1.88. The highest BCUT2D eigenvalue weighted by Gasteiger charge is 2.57. The molecule has 2 rings (SSSR count). The third-order valence-electron chi connectivity index (χ3n) is 2.92. The molecule has 1 heterocycles. The van der Waals surface area contributed by atoms with Crippen molar-refractivity contribution in [3.63, 3.8) is 0 Å². The number of hydrogen-bond acceptors (Lipinski definition) is 2. The number of hydrogen-bond donors (Lipinski definition) is 1. The minimum absolute atomic E-state index is 0.0920. The average molecular weight is 193 g/mol. The molecule has 70 valence electrons. The fraction of sp³-hybridized carbons (Fsp3) is 1.00. The zero-order valence-electron chi connectivity index (χ0n) is 6.85. The fourth-order valence-corrected chi connectivity index (χ4v) is 3.59. The molecule has 0 aromatic heterocycles. The summed E-state index contributed by atoms with van der Waals surface area (Å²) >= 11 is 1.83. The SMILES string of the molecule is NC1(C2CCSC2)CC(F)(F)C1. The lowest BCUT2D eigenvalue weighted by Crippen LogP contribution is -2.62. The molecule has 1 unspecified atom stereocenters. The molecule has 0 aromatic rings. The van der Waals surface area contributed by atoms with Crippen LogP contribution in [-0.2, 0) is 0 Å². The van der Waals surface area contributed by atoms with E-state index in [4.69, 9.17) is 5.73 Å². The molecule has 1 aliphatic heterocycles. The summed E-state index contributed by atoms with van der Waals surface area (Å²) in [6.45, 7) is 0. The Morgan fingerprint density at radius 1 is 1.33 bits per heavy atom. The van der Waals surface area contributed by atoms with Crippen molar-refractivity contribution < 1.29 is 8.78 Å². The summed E-state index contributed by atoms with van der Waals surface area (Å²) in [5, 5.41) is 0. The zero-order chi connectivity index (χ0) is 8.82. The zero-order valence-corrected chi connectivity index (χ0v) is 7.67. The monoisotopic (exact) mass is 193 g/mol. The van der Waals surface area contributed by atoms with E-state index in [1.165, 1.54) is 0 Å². The van der Waals surface area contributed by atoms with Crippen molar-refractivity contribution in [1.82, 2.24) is 0 Å². The van der Waals surface area contributed by atoms with E-state index in [1.54, 1.807) is 0 Å². The van der Waals surface area contributed by atoms with Crippen molar-refractivity contribution in [3.8, 4) is 0 Å². The maximum absolute atomic E-state index is 12.6. The van der Waals surface area contributed by atoms with Crippen LogP contribution < -0.4 is 5.73 Å². The van der Waals surface area contributed by atoms with E-state index in [2.05, 4.69) is 0 Å². The van der Waals surface area contributed by atoms with Crippen molar-refractivity contribution in [3.05, 3.63) is 0 Å². The Morgan fingerprint density at radius 3 is 2.42 bits per heavy atom. The normalized spacial score (nSPS) is 37.8. The first-order valence-electron chi connectivity index (χ1n) is 4.26. The predicted octanol–water partition coefficient (Wildman–Crippen LogP) is 1.87. The van der Waals surface area contributed by atoms with Crippen LogP contribution in [0.15, 0.2) is 0 Å². The van der Waals surface area contributed by atoms with E-state index < -0.39 is 11.5 Å². The smallest absolute Gasteiger partial charge is 0.251 e. The molecule has 2 fully saturated rings. The maximum Gasteiger partial charge on any atom is 0.251 e. The molecule has 2 N–H and O–H groups in total. The number of alkyl halides is 2. The molecule has 1 aliphatic carbocycles. The van der Waals surface area contributed by atoms with Crippen LogP contribution in [0, 0.1) is 5.92 Å². The highest BCUT2D eigenvalue weighted by molar-refractivity contribution is 7.99. The van der Waals surface area contributed by atoms with Gasteiger partial charge in [0.15, 0.2) is 0 Å². The first kappa shape index (κ1) is 8.75. The quantitative estimate of drug-likeness (QED) is 0.688. The summed E-state index contributed by atoms with van der Waals surface area (Å²) in [5.41, 5.74) is 5.36. The molecular formula is C8H13F2NS. The van der Waals surface area contributed by atoms with Gasteiger partial charge in [-0.3, -0.25) is 0 Å². The van der Waals surface area contributed by atoms with Crippen LogP contribution in [0.25, 0.3) is 0 Å². The topological polar surface area (TPSA) is 26.0 Å². The Morgan fingerprint density at radius 2 is 2.00 bits per heavy atom. The molecule has 12 heavy (non-hydrogen) atoms. The average Bonchev–Trinajstić information content (AvgIpc) is 2.31. The highest BCUT2D eigenvalue weighted by Crippen LogP contribution is 2.50. The molecule has 0 bridgehead atoms. The number of halogens is 2. The van der Waals surface area contributed by atoms with Crippen LogP contribution in [0.2, 0.25) is 0 Å². The van der Waals surface area contributed by atoms with E-state index in [-0.39, 0.29) is 12.8 Å². The summed E-state index contributed by atoms with van der Waals surface area (Å²) in [7, 11) is 0. The van der Waals surface area contributed by atoms with Gasteiger partial charge in [0.25, 0.3) is 5.92 Å². The predicted molar refractivity (Wildman–Crippen MR) is 46.5 cm³/mol. The third kappa shape index (κ3) is 1.35. The largest absolute Gasteiger partial charge is 0.324 e. The molecule has 0 aromatic carbocycles. The molecule has 4 heteroatoms. The second-order valence-corrected chi connectivity index (χ2v) is 5.15. The Hall–Kier alpha value is 0.170. The van der Waals surface area contributed by atoms with Gasteiger partial charge < -0.3 is 5.73 Å². The van der Waals surface area contributed by atoms with Gasteiger partial charge in [0, 0.05) is 18.4 Å². The Bertz CT molecular complexity index is 181. The summed E-state index contributed by atoms with van der Waals surface area (Å²) < 4.78 is 25.2. The van der Waals surface area contributed by atoms with Crippen molar-refractivity contribution in [2.75, 3.05) is 11.5 Å². The first-order valence-corrected chi connectivity index (χ1v) is 5.42. The second kappa shape index (κ2) is 2.58. The Balaban J connectivity index is 1.96. The lowest BCUT2D eigenvalue weighted by Gasteiger charge is -2.48. The highest BCUT2D eigenvalue weighted by atomic mass is 32.2. The minimum atomic E-state index is -2.47.